The van der Waals surface area contributed by atoms with Gasteiger partial charge in [0.15, 0.2) is 6.10 Å². The summed E-state index contributed by atoms with van der Waals surface area (Å²) >= 11 is 0. The molecule has 1 atom stereocenters. The van der Waals surface area contributed by atoms with Gasteiger partial charge in [0.25, 0.3) is 0 Å². The van der Waals surface area contributed by atoms with Crippen LogP contribution in [-0.2, 0) is 14.3 Å². The van der Waals surface area contributed by atoms with Crippen LogP contribution in [-0.4, -0.2) is 55.3 Å². The van der Waals surface area contributed by atoms with E-state index < -0.39 is 12.1 Å². The summed E-state index contributed by atoms with van der Waals surface area (Å²) in [4.78, 5) is 23.0. The molecule has 28 heavy (non-hydrogen) atoms. The zero-order valence-corrected chi connectivity index (χ0v) is 18.8. The Bertz CT molecular complexity index is 440. The van der Waals surface area contributed by atoms with Gasteiger partial charge in [0.05, 0.1) is 27.6 Å². The van der Waals surface area contributed by atoms with Crippen LogP contribution >= 0.6 is 0 Å². The number of carboxylic acid groups (broad SMARTS) is 1. The van der Waals surface area contributed by atoms with Gasteiger partial charge in [-0.05, 0) is 32.1 Å². The van der Waals surface area contributed by atoms with Crippen molar-refractivity contribution in [1.82, 2.24) is 0 Å². The number of quaternary nitrogens is 1. The first-order valence-electron chi connectivity index (χ1n) is 11.1. The van der Waals surface area contributed by atoms with Crippen LogP contribution in [0.5, 0.6) is 0 Å². The highest BCUT2D eigenvalue weighted by Gasteiger charge is 2.24. The molecule has 0 aliphatic heterocycles. The number of rotatable bonds is 18. The van der Waals surface area contributed by atoms with Crippen molar-refractivity contribution in [3.8, 4) is 0 Å². The number of hydrogen-bond donors (Lipinski definition) is 1. The monoisotopic (exact) mass is 398 g/mol. The Morgan fingerprint density at radius 1 is 0.893 bits per heavy atom. The van der Waals surface area contributed by atoms with Gasteiger partial charge < -0.3 is 14.3 Å². The molecule has 0 amide bonds. The van der Waals surface area contributed by atoms with Crippen molar-refractivity contribution in [3.05, 3.63) is 12.2 Å². The molecule has 5 heteroatoms. The van der Waals surface area contributed by atoms with Gasteiger partial charge >= 0.3 is 11.9 Å². The molecule has 0 aromatic heterocycles. The lowest BCUT2D eigenvalue weighted by Crippen LogP contribution is -2.43. The second-order valence-electron chi connectivity index (χ2n) is 8.81. The zero-order chi connectivity index (χ0) is 21.3. The predicted molar refractivity (Wildman–Crippen MR) is 115 cm³/mol. The standard InChI is InChI=1S/C23H43NO4/c1-5-6-7-8-9-10-11-12-13-14-15-16-17-18-23(27)28-21(19-22(25)26)20-24(2,3)4/h10-11,21H,5-9,12-20H2,1-4H3/p+1. The first kappa shape index (κ1) is 26.6. The van der Waals surface area contributed by atoms with Gasteiger partial charge in [-0.3, -0.25) is 9.59 Å². The Morgan fingerprint density at radius 2 is 1.43 bits per heavy atom. The second kappa shape index (κ2) is 16.6. The Labute approximate surface area is 172 Å². The summed E-state index contributed by atoms with van der Waals surface area (Å²) in [6.45, 7) is 2.74. The van der Waals surface area contributed by atoms with E-state index in [4.69, 9.17) is 9.84 Å². The number of carboxylic acids is 1. The SMILES string of the molecule is CCCCCCC=CCCCCCCCC(=O)OC(CC(=O)O)C[N+](C)(C)C. The summed E-state index contributed by atoms with van der Waals surface area (Å²) in [5.41, 5.74) is 0. The molecular formula is C23H44NO4+. The number of carbonyl (C=O) groups is 2. The molecule has 0 spiro atoms. The van der Waals surface area contributed by atoms with Crippen LogP contribution in [0.15, 0.2) is 12.2 Å². The number of esters is 1. The molecule has 0 heterocycles. The van der Waals surface area contributed by atoms with E-state index in [1.807, 2.05) is 21.1 Å². The van der Waals surface area contributed by atoms with Crippen molar-refractivity contribution in [2.75, 3.05) is 27.7 Å². The van der Waals surface area contributed by atoms with Crippen molar-refractivity contribution >= 4 is 11.9 Å². The van der Waals surface area contributed by atoms with E-state index in [2.05, 4.69) is 19.1 Å². The lowest BCUT2D eigenvalue weighted by molar-refractivity contribution is -0.873. The summed E-state index contributed by atoms with van der Waals surface area (Å²) in [5.74, 6) is -1.20. The molecule has 0 rings (SSSR count). The van der Waals surface area contributed by atoms with Crippen molar-refractivity contribution in [2.45, 2.75) is 96.5 Å². The smallest absolute Gasteiger partial charge is 0.307 e. The largest absolute Gasteiger partial charge is 0.481 e. The fourth-order valence-corrected chi connectivity index (χ4v) is 3.18. The highest BCUT2D eigenvalue weighted by atomic mass is 16.5. The zero-order valence-electron chi connectivity index (χ0n) is 18.8. The molecule has 0 fully saturated rings. The molecule has 0 radical (unpaired) electrons. The molecule has 164 valence electrons. The van der Waals surface area contributed by atoms with E-state index in [0.29, 0.717) is 17.4 Å². The van der Waals surface area contributed by atoms with Crippen LogP contribution in [0.1, 0.15) is 90.4 Å². The maximum atomic E-state index is 12.0. The van der Waals surface area contributed by atoms with Crippen molar-refractivity contribution in [1.29, 1.82) is 0 Å². The van der Waals surface area contributed by atoms with E-state index in [9.17, 15) is 9.59 Å². The molecular weight excluding hydrogens is 354 g/mol. The van der Waals surface area contributed by atoms with E-state index in [-0.39, 0.29) is 12.4 Å². The molecule has 1 N–H and O–H groups in total. The maximum absolute atomic E-state index is 12.0. The second-order valence-corrected chi connectivity index (χ2v) is 8.81. The minimum Gasteiger partial charge on any atom is -0.481 e. The first-order valence-corrected chi connectivity index (χ1v) is 11.1. The molecule has 0 aliphatic rings. The number of aliphatic carboxylic acids is 1. The Kier molecular flexibility index (Phi) is 15.8. The lowest BCUT2D eigenvalue weighted by Gasteiger charge is -2.28. The van der Waals surface area contributed by atoms with Crippen LogP contribution < -0.4 is 0 Å². The van der Waals surface area contributed by atoms with Gasteiger partial charge in [-0.25, -0.2) is 0 Å². The van der Waals surface area contributed by atoms with Crippen LogP contribution in [0.3, 0.4) is 0 Å². The number of nitrogens with zero attached hydrogens (tertiary/aromatic N) is 1. The van der Waals surface area contributed by atoms with Crippen molar-refractivity contribution in [2.24, 2.45) is 0 Å². The van der Waals surface area contributed by atoms with Crippen molar-refractivity contribution in [3.63, 3.8) is 0 Å². The highest BCUT2D eigenvalue weighted by molar-refractivity contribution is 5.71. The molecule has 1 unspecified atom stereocenters. The van der Waals surface area contributed by atoms with Gasteiger partial charge in [-0.1, -0.05) is 57.6 Å². The number of allylic oxidation sites excluding steroid dienone is 2. The van der Waals surface area contributed by atoms with Gasteiger partial charge in [0.1, 0.15) is 6.54 Å². The normalized spacial score (nSPS) is 13.0. The summed E-state index contributed by atoms with van der Waals surface area (Å²) in [5, 5.41) is 8.99. The average molecular weight is 399 g/mol. The minimum atomic E-state index is -0.929. The minimum absolute atomic E-state index is 0.132. The molecule has 0 aromatic carbocycles. The third-order valence-electron chi connectivity index (χ3n) is 4.59. The Morgan fingerprint density at radius 3 is 1.96 bits per heavy atom. The topological polar surface area (TPSA) is 63.6 Å². The van der Waals surface area contributed by atoms with Gasteiger partial charge in [-0.15, -0.1) is 0 Å². The van der Waals surface area contributed by atoms with Crippen LogP contribution in [0.2, 0.25) is 0 Å². The summed E-state index contributed by atoms with van der Waals surface area (Å²) < 4.78 is 5.97. The van der Waals surface area contributed by atoms with Gasteiger partial charge in [0.2, 0.25) is 0 Å². The summed E-state index contributed by atoms with van der Waals surface area (Å²) in [7, 11) is 5.89. The summed E-state index contributed by atoms with van der Waals surface area (Å²) in [6, 6.07) is 0. The average Bonchev–Trinajstić information content (AvgIpc) is 2.56. The number of ether oxygens (including phenoxy) is 1. The molecule has 0 bridgehead atoms. The Hall–Kier alpha value is -1.36. The molecule has 0 aliphatic carbocycles. The van der Waals surface area contributed by atoms with E-state index in [0.717, 1.165) is 25.7 Å². The quantitative estimate of drug-likeness (QED) is 0.147. The van der Waals surface area contributed by atoms with Crippen LogP contribution in [0, 0.1) is 0 Å². The van der Waals surface area contributed by atoms with E-state index >= 15 is 0 Å². The number of unbranched alkanes of at least 4 members (excludes halogenated alkanes) is 9. The maximum Gasteiger partial charge on any atom is 0.307 e. The molecule has 0 saturated carbocycles. The molecule has 0 aromatic rings. The van der Waals surface area contributed by atoms with Crippen molar-refractivity contribution < 1.29 is 23.9 Å². The third-order valence-corrected chi connectivity index (χ3v) is 4.59. The molecule has 5 nitrogen and oxygen atoms in total. The van der Waals surface area contributed by atoms with Gasteiger partial charge in [0, 0.05) is 6.42 Å². The summed E-state index contributed by atoms with van der Waals surface area (Å²) in [6.07, 6.45) is 17.3. The molecule has 0 saturated heterocycles. The van der Waals surface area contributed by atoms with Crippen LogP contribution in [0.4, 0.5) is 0 Å². The fourth-order valence-electron chi connectivity index (χ4n) is 3.18. The van der Waals surface area contributed by atoms with Crippen LogP contribution in [0.25, 0.3) is 0 Å². The number of carbonyl (C=O) groups excluding carboxylic acids is 1. The third kappa shape index (κ3) is 19.4. The van der Waals surface area contributed by atoms with E-state index in [1.165, 1.54) is 44.9 Å². The first-order chi connectivity index (χ1) is 13.2. The highest BCUT2D eigenvalue weighted by Crippen LogP contribution is 2.11. The fraction of sp³-hybridized carbons (Fsp3) is 0.826. The lowest BCUT2D eigenvalue weighted by atomic mass is 10.1. The number of likely N-dealkylation sites (N-methyl/N-ethyl adjacent to an activating group) is 1. The van der Waals surface area contributed by atoms with Gasteiger partial charge in [-0.2, -0.15) is 0 Å². The Balaban J connectivity index is 3.72. The predicted octanol–water partition coefficient (Wildman–Crippen LogP) is 5.34. The van der Waals surface area contributed by atoms with E-state index in [1.54, 1.807) is 0 Å². The number of hydrogen-bond acceptors (Lipinski definition) is 3.